The Hall–Kier alpha value is -2.44. The van der Waals surface area contributed by atoms with Gasteiger partial charge in [0.2, 0.25) is 5.91 Å². The first kappa shape index (κ1) is 17.4. The van der Waals surface area contributed by atoms with Crippen LogP contribution in [0.1, 0.15) is 26.2 Å². The molecule has 2 heterocycles. The standard InChI is InChI=1S/C18H25N3O4/c1-3-4-7-20(2)18(23)19-13-10-17(22)21(12-13)14-5-6-15-16(11-14)25-9-8-24-15/h5-6,11,13H,3-4,7-10,12H2,1-2H3,(H,19,23)/t13-/m0/s1. The average Bonchev–Trinajstić information content (AvgIpc) is 2.99. The van der Waals surface area contributed by atoms with Crippen LogP contribution in [0.5, 0.6) is 11.5 Å². The zero-order chi connectivity index (χ0) is 17.8. The van der Waals surface area contributed by atoms with Crippen molar-refractivity contribution >= 4 is 17.6 Å². The van der Waals surface area contributed by atoms with E-state index in [9.17, 15) is 9.59 Å². The van der Waals surface area contributed by atoms with Gasteiger partial charge in [0.15, 0.2) is 11.5 Å². The Morgan fingerprint density at radius 1 is 1.32 bits per heavy atom. The quantitative estimate of drug-likeness (QED) is 0.884. The van der Waals surface area contributed by atoms with Gasteiger partial charge < -0.3 is 24.6 Å². The van der Waals surface area contributed by atoms with E-state index in [-0.39, 0.29) is 18.0 Å². The highest BCUT2D eigenvalue weighted by Gasteiger charge is 2.32. The Bertz CT molecular complexity index is 649. The lowest BCUT2D eigenvalue weighted by Gasteiger charge is -2.23. The fourth-order valence-electron chi connectivity index (χ4n) is 3.04. The second-order valence-electron chi connectivity index (χ2n) is 6.46. The number of nitrogens with one attached hydrogen (secondary N) is 1. The van der Waals surface area contributed by atoms with Crippen LogP contribution in [0.3, 0.4) is 0 Å². The number of nitrogens with zero attached hydrogens (tertiary/aromatic N) is 2. The molecule has 0 unspecified atom stereocenters. The van der Waals surface area contributed by atoms with Gasteiger partial charge in [-0.05, 0) is 18.6 Å². The number of hydrogen-bond donors (Lipinski definition) is 1. The predicted octanol–water partition coefficient (Wildman–Crippen LogP) is 2.00. The Morgan fingerprint density at radius 3 is 2.84 bits per heavy atom. The Kier molecular flexibility index (Phi) is 5.31. The van der Waals surface area contributed by atoms with E-state index in [1.807, 2.05) is 18.2 Å². The summed E-state index contributed by atoms with van der Waals surface area (Å²) in [6.07, 6.45) is 2.32. The molecule has 1 atom stereocenters. The van der Waals surface area contributed by atoms with Gasteiger partial charge in [-0.3, -0.25) is 4.79 Å². The maximum absolute atomic E-state index is 12.4. The summed E-state index contributed by atoms with van der Waals surface area (Å²) in [5.74, 6) is 1.35. The summed E-state index contributed by atoms with van der Waals surface area (Å²) in [7, 11) is 1.78. The largest absolute Gasteiger partial charge is 0.486 e. The monoisotopic (exact) mass is 347 g/mol. The molecule has 136 valence electrons. The summed E-state index contributed by atoms with van der Waals surface area (Å²) in [5, 5.41) is 2.95. The topological polar surface area (TPSA) is 71.1 Å². The maximum atomic E-state index is 12.4. The molecule has 1 N–H and O–H groups in total. The van der Waals surface area contributed by atoms with Crippen molar-refractivity contribution in [1.29, 1.82) is 0 Å². The summed E-state index contributed by atoms with van der Waals surface area (Å²) < 4.78 is 11.1. The minimum absolute atomic E-state index is 0.00168. The molecule has 3 amide bonds. The number of carbonyl (C=O) groups is 2. The van der Waals surface area contributed by atoms with E-state index >= 15 is 0 Å². The maximum Gasteiger partial charge on any atom is 0.317 e. The first-order valence-electron chi connectivity index (χ1n) is 8.80. The van der Waals surface area contributed by atoms with E-state index in [1.54, 1.807) is 16.8 Å². The molecule has 7 heteroatoms. The molecular formula is C18H25N3O4. The number of amides is 3. The number of carbonyl (C=O) groups excluding carboxylic acids is 2. The lowest BCUT2D eigenvalue weighted by molar-refractivity contribution is -0.117. The molecule has 0 saturated carbocycles. The molecule has 7 nitrogen and oxygen atoms in total. The van der Waals surface area contributed by atoms with Crippen LogP contribution in [0.2, 0.25) is 0 Å². The van der Waals surface area contributed by atoms with Crippen molar-refractivity contribution in [3.8, 4) is 11.5 Å². The fourth-order valence-corrected chi connectivity index (χ4v) is 3.04. The molecular weight excluding hydrogens is 322 g/mol. The summed E-state index contributed by atoms with van der Waals surface area (Å²) >= 11 is 0. The van der Waals surface area contributed by atoms with Crippen molar-refractivity contribution in [2.24, 2.45) is 0 Å². The number of rotatable bonds is 5. The van der Waals surface area contributed by atoms with Crippen LogP contribution >= 0.6 is 0 Å². The van der Waals surface area contributed by atoms with Crippen LogP contribution < -0.4 is 19.7 Å². The lowest BCUT2D eigenvalue weighted by Crippen LogP contribution is -2.44. The molecule has 1 aromatic carbocycles. The van der Waals surface area contributed by atoms with Crippen molar-refractivity contribution in [2.75, 3.05) is 38.3 Å². The zero-order valence-corrected chi connectivity index (χ0v) is 14.8. The Labute approximate surface area is 147 Å². The van der Waals surface area contributed by atoms with Crippen molar-refractivity contribution in [2.45, 2.75) is 32.2 Å². The molecule has 0 aromatic heterocycles. The molecule has 25 heavy (non-hydrogen) atoms. The smallest absolute Gasteiger partial charge is 0.317 e. The molecule has 1 aromatic rings. The van der Waals surface area contributed by atoms with Crippen LogP contribution in [0, 0.1) is 0 Å². The number of anilines is 1. The van der Waals surface area contributed by atoms with Gasteiger partial charge in [-0.25, -0.2) is 4.79 Å². The molecule has 3 rings (SSSR count). The number of hydrogen-bond acceptors (Lipinski definition) is 4. The molecule has 0 radical (unpaired) electrons. The minimum atomic E-state index is -0.183. The summed E-state index contributed by atoms with van der Waals surface area (Å²) in [5.41, 5.74) is 0.769. The normalized spacial score (nSPS) is 19.0. The van der Waals surface area contributed by atoms with E-state index in [0.29, 0.717) is 37.7 Å². The average molecular weight is 347 g/mol. The second-order valence-corrected chi connectivity index (χ2v) is 6.46. The van der Waals surface area contributed by atoms with Gasteiger partial charge in [0.1, 0.15) is 13.2 Å². The van der Waals surface area contributed by atoms with Crippen molar-refractivity contribution < 1.29 is 19.1 Å². The van der Waals surface area contributed by atoms with Crippen molar-refractivity contribution in [1.82, 2.24) is 10.2 Å². The first-order chi connectivity index (χ1) is 12.1. The van der Waals surface area contributed by atoms with Crippen LogP contribution in [-0.2, 0) is 4.79 Å². The number of unbranched alkanes of at least 4 members (excludes halogenated alkanes) is 1. The van der Waals surface area contributed by atoms with E-state index in [4.69, 9.17) is 9.47 Å². The second kappa shape index (κ2) is 7.63. The van der Waals surface area contributed by atoms with E-state index in [1.165, 1.54) is 0 Å². The van der Waals surface area contributed by atoms with Gasteiger partial charge in [0.25, 0.3) is 0 Å². The van der Waals surface area contributed by atoms with Gasteiger partial charge in [0, 0.05) is 38.3 Å². The van der Waals surface area contributed by atoms with Gasteiger partial charge in [-0.2, -0.15) is 0 Å². The van der Waals surface area contributed by atoms with Crippen LogP contribution in [0.4, 0.5) is 10.5 Å². The number of urea groups is 1. The molecule has 1 saturated heterocycles. The lowest BCUT2D eigenvalue weighted by atomic mass is 10.2. The summed E-state index contributed by atoms with van der Waals surface area (Å²) in [6, 6.07) is 5.18. The predicted molar refractivity (Wildman–Crippen MR) is 94.3 cm³/mol. The molecule has 2 aliphatic rings. The minimum Gasteiger partial charge on any atom is -0.486 e. The fraction of sp³-hybridized carbons (Fsp3) is 0.556. The Morgan fingerprint density at radius 2 is 2.08 bits per heavy atom. The zero-order valence-electron chi connectivity index (χ0n) is 14.8. The highest BCUT2D eigenvalue weighted by molar-refractivity contribution is 5.97. The van der Waals surface area contributed by atoms with Gasteiger partial charge in [-0.15, -0.1) is 0 Å². The number of ether oxygens (including phenoxy) is 2. The van der Waals surface area contributed by atoms with Crippen LogP contribution in [-0.4, -0.2) is 56.2 Å². The third kappa shape index (κ3) is 3.97. The summed E-state index contributed by atoms with van der Waals surface area (Å²) in [6.45, 7) is 4.31. The first-order valence-corrected chi connectivity index (χ1v) is 8.80. The van der Waals surface area contributed by atoms with Crippen LogP contribution in [0.25, 0.3) is 0 Å². The molecule has 1 fully saturated rings. The molecule has 0 bridgehead atoms. The van der Waals surface area contributed by atoms with Gasteiger partial charge in [0.05, 0.1) is 6.04 Å². The molecule has 0 aliphatic carbocycles. The highest BCUT2D eigenvalue weighted by Crippen LogP contribution is 2.35. The number of benzene rings is 1. The third-order valence-corrected chi connectivity index (χ3v) is 4.48. The summed E-state index contributed by atoms with van der Waals surface area (Å²) in [4.78, 5) is 27.9. The van der Waals surface area contributed by atoms with Crippen molar-refractivity contribution in [3.05, 3.63) is 18.2 Å². The van der Waals surface area contributed by atoms with Crippen molar-refractivity contribution in [3.63, 3.8) is 0 Å². The Balaban J connectivity index is 1.62. The SMILES string of the molecule is CCCCN(C)C(=O)N[C@H]1CC(=O)N(c2ccc3c(c2)OCCO3)C1. The number of fused-ring (bicyclic) bond motifs is 1. The van der Waals surface area contributed by atoms with E-state index in [2.05, 4.69) is 12.2 Å². The molecule has 2 aliphatic heterocycles. The van der Waals surface area contributed by atoms with Crippen LogP contribution in [0.15, 0.2) is 18.2 Å². The highest BCUT2D eigenvalue weighted by atomic mass is 16.6. The third-order valence-electron chi connectivity index (χ3n) is 4.48. The van der Waals surface area contributed by atoms with E-state index in [0.717, 1.165) is 25.1 Å². The molecule has 0 spiro atoms. The van der Waals surface area contributed by atoms with Gasteiger partial charge in [-0.1, -0.05) is 13.3 Å². The van der Waals surface area contributed by atoms with E-state index < -0.39 is 0 Å². The van der Waals surface area contributed by atoms with Gasteiger partial charge >= 0.3 is 6.03 Å².